The lowest BCUT2D eigenvalue weighted by Crippen LogP contribution is -2.03. The Morgan fingerprint density at radius 2 is 2.25 bits per heavy atom. The van der Waals surface area contributed by atoms with Crippen LogP contribution in [0.1, 0.15) is 12.8 Å². The molecule has 1 N–H and O–H groups in total. The van der Waals surface area contributed by atoms with Crippen LogP contribution >= 0.6 is 11.3 Å². The lowest BCUT2D eigenvalue weighted by atomic mass is 10.3. The molecule has 0 aliphatic heterocycles. The second kappa shape index (κ2) is 6.00. The molecule has 0 fully saturated rings. The van der Waals surface area contributed by atoms with Crippen molar-refractivity contribution in [1.29, 1.82) is 0 Å². The average molecular weight is 290 g/mol. The van der Waals surface area contributed by atoms with Gasteiger partial charge in [-0.25, -0.2) is 14.4 Å². The number of nitrogens with one attached hydrogen (secondary N) is 1. The molecule has 0 unspecified atom stereocenters. The molecule has 0 aliphatic carbocycles. The lowest BCUT2D eigenvalue weighted by molar-refractivity contribution is 0.621. The van der Waals surface area contributed by atoms with Gasteiger partial charge in [-0.15, -0.1) is 0 Å². The van der Waals surface area contributed by atoms with E-state index in [2.05, 4.69) is 19.9 Å². The fraction of sp³-hybridized carbons (Fsp3) is 0.286. The second-order valence-corrected chi connectivity index (χ2v) is 5.60. The molecule has 0 bridgehead atoms. The largest absolute Gasteiger partial charge is 0.361 e. The Morgan fingerprint density at radius 1 is 1.30 bits per heavy atom. The monoisotopic (exact) mass is 290 g/mol. The van der Waals surface area contributed by atoms with E-state index < -0.39 is 0 Å². The van der Waals surface area contributed by atoms with Gasteiger partial charge in [0.15, 0.2) is 5.13 Å². The van der Waals surface area contributed by atoms with E-state index in [-0.39, 0.29) is 5.82 Å². The summed E-state index contributed by atoms with van der Waals surface area (Å²) in [5.41, 5.74) is 0.845. The van der Waals surface area contributed by atoms with Crippen molar-refractivity contribution in [3.05, 3.63) is 42.7 Å². The Bertz CT molecular complexity index is 678. The number of halogens is 1. The fourth-order valence-electron chi connectivity index (χ4n) is 2.01. The topological polar surface area (TPSA) is 42.7 Å². The molecule has 2 heterocycles. The van der Waals surface area contributed by atoms with Crippen molar-refractivity contribution in [2.75, 3.05) is 11.9 Å². The molecular formula is C14H15FN4S. The first-order chi connectivity index (χ1) is 9.81. The summed E-state index contributed by atoms with van der Waals surface area (Å²) in [4.78, 5) is 8.44. The quantitative estimate of drug-likeness (QED) is 0.706. The van der Waals surface area contributed by atoms with Gasteiger partial charge in [-0.05, 0) is 31.0 Å². The van der Waals surface area contributed by atoms with Gasteiger partial charge in [0.25, 0.3) is 0 Å². The molecule has 6 heteroatoms. The van der Waals surface area contributed by atoms with Crippen LogP contribution in [0.25, 0.3) is 10.2 Å². The van der Waals surface area contributed by atoms with Gasteiger partial charge in [0.1, 0.15) is 5.82 Å². The maximum Gasteiger partial charge on any atom is 0.183 e. The number of hydrogen-bond acceptors (Lipinski definition) is 4. The molecule has 20 heavy (non-hydrogen) atoms. The van der Waals surface area contributed by atoms with E-state index in [9.17, 15) is 4.39 Å². The normalized spacial score (nSPS) is 11.1. The summed E-state index contributed by atoms with van der Waals surface area (Å²) < 4.78 is 16.0. The number of unbranched alkanes of at least 4 members (excludes halogenated alkanes) is 1. The molecule has 104 valence electrons. The van der Waals surface area contributed by atoms with Crippen LogP contribution in [0.2, 0.25) is 0 Å². The number of imidazole rings is 1. The lowest BCUT2D eigenvalue weighted by Gasteiger charge is -2.03. The summed E-state index contributed by atoms with van der Waals surface area (Å²) in [6, 6.07) is 4.68. The zero-order valence-corrected chi connectivity index (χ0v) is 11.7. The van der Waals surface area contributed by atoms with Crippen LogP contribution in [-0.2, 0) is 6.54 Å². The third-order valence-corrected chi connectivity index (χ3v) is 4.00. The van der Waals surface area contributed by atoms with E-state index in [4.69, 9.17) is 0 Å². The van der Waals surface area contributed by atoms with Crippen molar-refractivity contribution >= 4 is 26.7 Å². The second-order valence-electron chi connectivity index (χ2n) is 4.57. The zero-order chi connectivity index (χ0) is 13.8. The van der Waals surface area contributed by atoms with Crippen molar-refractivity contribution in [3.8, 4) is 0 Å². The highest BCUT2D eigenvalue weighted by Gasteiger charge is 2.04. The van der Waals surface area contributed by atoms with Gasteiger partial charge in [0, 0.05) is 25.5 Å². The highest BCUT2D eigenvalue weighted by Crippen LogP contribution is 2.26. The minimum absolute atomic E-state index is 0.215. The van der Waals surface area contributed by atoms with Crippen LogP contribution in [0.3, 0.4) is 0 Å². The summed E-state index contributed by atoms with van der Waals surface area (Å²) in [5.74, 6) is -0.215. The number of rotatable bonds is 6. The van der Waals surface area contributed by atoms with Crippen LogP contribution in [0, 0.1) is 5.82 Å². The Balaban J connectivity index is 1.47. The third-order valence-electron chi connectivity index (χ3n) is 3.03. The van der Waals surface area contributed by atoms with Gasteiger partial charge in [-0.2, -0.15) is 0 Å². The summed E-state index contributed by atoms with van der Waals surface area (Å²) in [7, 11) is 0. The molecule has 0 aliphatic rings. The smallest absolute Gasteiger partial charge is 0.183 e. The maximum atomic E-state index is 13.1. The molecule has 3 rings (SSSR count). The number of aryl methyl sites for hydroxylation is 1. The highest BCUT2D eigenvalue weighted by molar-refractivity contribution is 7.22. The van der Waals surface area contributed by atoms with Crippen molar-refractivity contribution < 1.29 is 4.39 Å². The van der Waals surface area contributed by atoms with E-state index in [0.29, 0.717) is 0 Å². The molecule has 0 saturated carbocycles. The van der Waals surface area contributed by atoms with Crippen LogP contribution in [0.15, 0.2) is 36.9 Å². The number of fused-ring (bicyclic) bond motifs is 1. The number of hydrogen-bond donors (Lipinski definition) is 1. The molecule has 0 atom stereocenters. The van der Waals surface area contributed by atoms with Crippen molar-refractivity contribution in [2.45, 2.75) is 19.4 Å². The summed E-state index contributed by atoms with van der Waals surface area (Å²) in [5, 5.41) is 4.15. The van der Waals surface area contributed by atoms with Gasteiger partial charge >= 0.3 is 0 Å². The van der Waals surface area contributed by atoms with Gasteiger partial charge < -0.3 is 9.88 Å². The summed E-state index contributed by atoms with van der Waals surface area (Å²) in [6.45, 7) is 1.85. The van der Waals surface area contributed by atoms with Crippen LogP contribution in [0.5, 0.6) is 0 Å². The third kappa shape index (κ3) is 3.14. The van der Waals surface area contributed by atoms with Gasteiger partial charge in [-0.3, -0.25) is 0 Å². The van der Waals surface area contributed by atoms with Crippen LogP contribution in [-0.4, -0.2) is 21.1 Å². The molecular weight excluding hydrogens is 275 g/mol. The van der Waals surface area contributed by atoms with E-state index in [1.807, 2.05) is 12.5 Å². The molecule has 0 radical (unpaired) electrons. The van der Waals surface area contributed by atoms with Crippen molar-refractivity contribution in [3.63, 3.8) is 0 Å². The minimum Gasteiger partial charge on any atom is -0.361 e. The standard InChI is InChI=1S/C14H15FN4S/c15-11-3-4-12-13(9-11)20-14(18-12)17-5-1-2-7-19-8-6-16-10-19/h3-4,6,8-10H,1-2,5,7H2,(H,17,18). The summed E-state index contributed by atoms with van der Waals surface area (Å²) in [6.07, 6.45) is 7.73. The van der Waals surface area contributed by atoms with Crippen LogP contribution in [0.4, 0.5) is 9.52 Å². The van der Waals surface area contributed by atoms with E-state index in [1.54, 1.807) is 12.3 Å². The van der Waals surface area contributed by atoms with Gasteiger partial charge in [-0.1, -0.05) is 11.3 Å². The molecule has 0 amide bonds. The Morgan fingerprint density at radius 3 is 3.10 bits per heavy atom. The van der Waals surface area contributed by atoms with Crippen molar-refractivity contribution in [2.24, 2.45) is 0 Å². The number of nitrogens with zero attached hydrogens (tertiary/aromatic N) is 3. The predicted octanol–water partition coefficient (Wildman–Crippen LogP) is 3.52. The Hall–Kier alpha value is -1.95. The van der Waals surface area contributed by atoms with Gasteiger partial charge in [0.05, 0.1) is 16.5 Å². The minimum atomic E-state index is -0.215. The Kier molecular flexibility index (Phi) is 3.92. The molecule has 1 aromatic carbocycles. The van der Waals surface area contributed by atoms with E-state index in [1.165, 1.54) is 23.5 Å². The fourth-order valence-corrected chi connectivity index (χ4v) is 2.92. The number of aromatic nitrogens is 3. The first-order valence-electron chi connectivity index (χ1n) is 6.57. The molecule has 0 spiro atoms. The zero-order valence-electron chi connectivity index (χ0n) is 10.9. The molecule has 4 nitrogen and oxygen atoms in total. The molecule has 2 aromatic heterocycles. The summed E-state index contributed by atoms with van der Waals surface area (Å²) >= 11 is 1.49. The van der Waals surface area contributed by atoms with Crippen molar-refractivity contribution in [1.82, 2.24) is 14.5 Å². The highest BCUT2D eigenvalue weighted by atomic mass is 32.1. The van der Waals surface area contributed by atoms with E-state index in [0.717, 1.165) is 41.3 Å². The molecule has 3 aromatic rings. The van der Waals surface area contributed by atoms with E-state index >= 15 is 0 Å². The molecule has 0 saturated heterocycles. The van der Waals surface area contributed by atoms with Crippen LogP contribution < -0.4 is 5.32 Å². The first-order valence-corrected chi connectivity index (χ1v) is 7.38. The number of thiazole rings is 1. The first kappa shape index (κ1) is 13.1. The maximum absolute atomic E-state index is 13.1. The van der Waals surface area contributed by atoms with Gasteiger partial charge in [0.2, 0.25) is 0 Å². The Labute approximate surface area is 120 Å². The number of anilines is 1. The number of benzene rings is 1. The SMILES string of the molecule is Fc1ccc2nc(NCCCCn3ccnc3)sc2c1. The average Bonchev–Trinajstić information content (AvgIpc) is 3.06. The predicted molar refractivity (Wildman–Crippen MR) is 79.5 cm³/mol.